The summed E-state index contributed by atoms with van der Waals surface area (Å²) >= 11 is 0. The summed E-state index contributed by atoms with van der Waals surface area (Å²) in [6.07, 6.45) is 0.793. The number of nitrogens with zero attached hydrogens (tertiary/aromatic N) is 1. The average molecular weight is 348 g/mol. The van der Waals surface area contributed by atoms with Gasteiger partial charge in [0, 0.05) is 18.7 Å². The van der Waals surface area contributed by atoms with Gasteiger partial charge in [-0.1, -0.05) is 30.3 Å². The van der Waals surface area contributed by atoms with E-state index in [1.165, 1.54) is 5.56 Å². The maximum absolute atomic E-state index is 13.5. The van der Waals surface area contributed by atoms with E-state index in [-0.39, 0.29) is 24.3 Å². The smallest absolute Gasteiger partial charge is 0.257 e. The third-order valence-electron chi connectivity index (χ3n) is 3.83. The van der Waals surface area contributed by atoms with Crippen LogP contribution in [0, 0.1) is 11.6 Å². The molecule has 2 aromatic rings. The second-order valence-corrected chi connectivity index (χ2v) is 5.97. The van der Waals surface area contributed by atoms with E-state index in [4.69, 9.17) is 4.74 Å². The van der Waals surface area contributed by atoms with E-state index in [1.807, 2.05) is 49.3 Å². The molecule has 0 bridgehead atoms. The fourth-order valence-electron chi connectivity index (χ4n) is 2.34. The lowest BCUT2D eigenvalue weighted by atomic mass is 10.1. The number of amides is 1. The Labute approximate surface area is 146 Å². The van der Waals surface area contributed by atoms with Crippen molar-refractivity contribution in [1.29, 1.82) is 0 Å². The van der Waals surface area contributed by atoms with Crippen molar-refractivity contribution in [2.24, 2.45) is 0 Å². The molecule has 0 aromatic heterocycles. The van der Waals surface area contributed by atoms with Crippen LogP contribution >= 0.6 is 0 Å². The number of rotatable bonds is 8. The van der Waals surface area contributed by atoms with Gasteiger partial charge >= 0.3 is 0 Å². The van der Waals surface area contributed by atoms with Crippen molar-refractivity contribution in [3.05, 3.63) is 65.7 Å². The van der Waals surface area contributed by atoms with E-state index in [0.717, 1.165) is 24.6 Å². The molecule has 0 saturated heterocycles. The second kappa shape index (κ2) is 9.13. The van der Waals surface area contributed by atoms with Crippen molar-refractivity contribution in [2.75, 3.05) is 27.2 Å². The van der Waals surface area contributed by atoms with Crippen molar-refractivity contribution in [2.45, 2.75) is 12.5 Å². The Morgan fingerprint density at radius 2 is 1.88 bits per heavy atom. The molecule has 0 fully saturated rings. The maximum atomic E-state index is 13.5. The first-order chi connectivity index (χ1) is 12.0. The van der Waals surface area contributed by atoms with Gasteiger partial charge in [-0.3, -0.25) is 4.79 Å². The predicted molar refractivity (Wildman–Crippen MR) is 92.5 cm³/mol. The van der Waals surface area contributed by atoms with Crippen LogP contribution in [-0.2, 0) is 11.2 Å². The third-order valence-corrected chi connectivity index (χ3v) is 3.83. The number of nitrogens with one attached hydrogen (secondary N) is 1. The zero-order valence-corrected chi connectivity index (χ0v) is 14.3. The maximum Gasteiger partial charge on any atom is 0.257 e. The Morgan fingerprint density at radius 1 is 1.16 bits per heavy atom. The predicted octanol–water partition coefficient (Wildman–Crippen LogP) is 2.63. The van der Waals surface area contributed by atoms with Crippen LogP contribution < -0.4 is 10.1 Å². The molecule has 1 atom stereocenters. The van der Waals surface area contributed by atoms with Crippen molar-refractivity contribution in [3.63, 3.8) is 0 Å². The van der Waals surface area contributed by atoms with Crippen LogP contribution in [0.1, 0.15) is 5.56 Å². The molecule has 6 heteroatoms. The molecule has 0 spiro atoms. The Balaban J connectivity index is 1.82. The summed E-state index contributed by atoms with van der Waals surface area (Å²) in [4.78, 5) is 14.0. The number of hydrogen-bond donors (Lipinski definition) is 1. The van der Waals surface area contributed by atoms with E-state index in [9.17, 15) is 13.6 Å². The highest BCUT2D eigenvalue weighted by atomic mass is 19.1. The standard InChI is InChI=1S/C19H22F2N2O2/c1-23(2)16(10-14-6-4-3-5-7-14)12-22-19(24)13-25-18-9-8-15(20)11-17(18)21/h3-9,11,16H,10,12-13H2,1-2H3,(H,22,24). The van der Waals surface area contributed by atoms with E-state index in [1.54, 1.807) is 0 Å². The van der Waals surface area contributed by atoms with Gasteiger partial charge in [-0.2, -0.15) is 0 Å². The van der Waals surface area contributed by atoms with Gasteiger partial charge < -0.3 is 15.0 Å². The van der Waals surface area contributed by atoms with Crippen molar-refractivity contribution in [3.8, 4) is 5.75 Å². The first-order valence-electron chi connectivity index (χ1n) is 8.00. The highest BCUT2D eigenvalue weighted by Gasteiger charge is 2.14. The molecule has 1 unspecified atom stereocenters. The molecule has 1 amide bonds. The average Bonchev–Trinajstić information content (AvgIpc) is 2.58. The molecule has 0 radical (unpaired) electrons. The monoisotopic (exact) mass is 348 g/mol. The number of carbonyl (C=O) groups excluding carboxylic acids is 1. The van der Waals surface area contributed by atoms with Crippen LogP contribution in [0.5, 0.6) is 5.75 Å². The molecular formula is C19H22F2N2O2. The van der Waals surface area contributed by atoms with Gasteiger partial charge in [0.05, 0.1) is 0 Å². The second-order valence-electron chi connectivity index (χ2n) is 5.97. The van der Waals surface area contributed by atoms with E-state index in [2.05, 4.69) is 5.32 Å². The fraction of sp³-hybridized carbons (Fsp3) is 0.316. The lowest BCUT2D eigenvalue weighted by molar-refractivity contribution is -0.123. The van der Waals surface area contributed by atoms with Crippen LogP contribution in [0.4, 0.5) is 8.78 Å². The third kappa shape index (κ3) is 6.15. The molecule has 134 valence electrons. The van der Waals surface area contributed by atoms with Gasteiger partial charge in [0.2, 0.25) is 0 Å². The first-order valence-corrected chi connectivity index (χ1v) is 8.00. The molecule has 0 aliphatic heterocycles. The SMILES string of the molecule is CN(C)C(CNC(=O)COc1ccc(F)cc1F)Cc1ccccc1. The Kier molecular flexibility index (Phi) is 6.89. The Hall–Kier alpha value is -2.47. The number of carbonyl (C=O) groups is 1. The quantitative estimate of drug-likeness (QED) is 0.797. The van der Waals surface area contributed by atoms with Gasteiger partial charge in [-0.15, -0.1) is 0 Å². The summed E-state index contributed by atoms with van der Waals surface area (Å²) in [6.45, 7) is 0.115. The lowest BCUT2D eigenvalue weighted by Gasteiger charge is -2.24. The lowest BCUT2D eigenvalue weighted by Crippen LogP contribution is -2.43. The zero-order chi connectivity index (χ0) is 18.2. The summed E-state index contributed by atoms with van der Waals surface area (Å²) < 4.78 is 31.4. The van der Waals surface area contributed by atoms with E-state index < -0.39 is 11.6 Å². The van der Waals surface area contributed by atoms with Crippen LogP contribution in [-0.4, -0.2) is 44.1 Å². The highest BCUT2D eigenvalue weighted by molar-refractivity contribution is 5.77. The minimum Gasteiger partial charge on any atom is -0.481 e. The van der Waals surface area contributed by atoms with Crippen LogP contribution in [0.2, 0.25) is 0 Å². The van der Waals surface area contributed by atoms with Crippen molar-refractivity contribution in [1.82, 2.24) is 10.2 Å². The summed E-state index contributed by atoms with van der Waals surface area (Å²) in [6, 6.07) is 13.1. The first kappa shape index (κ1) is 18.9. The normalized spacial score (nSPS) is 12.0. The van der Waals surface area contributed by atoms with Crippen LogP contribution in [0.25, 0.3) is 0 Å². The zero-order valence-electron chi connectivity index (χ0n) is 14.3. The summed E-state index contributed by atoms with van der Waals surface area (Å²) in [5, 5.41) is 2.78. The van der Waals surface area contributed by atoms with E-state index >= 15 is 0 Å². The summed E-state index contributed by atoms with van der Waals surface area (Å²) in [5.74, 6) is -2.03. The van der Waals surface area contributed by atoms with Gasteiger partial charge in [-0.25, -0.2) is 8.78 Å². The van der Waals surface area contributed by atoms with Crippen LogP contribution in [0.3, 0.4) is 0 Å². The molecule has 2 rings (SSSR count). The molecule has 0 aliphatic rings. The topological polar surface area (TPSA) is 41.6 Å². The molecule has 25 heavy (non-hydrogen) atoms. The minimum atomic E-state index is -0.831. The molecule has 2 aromatic carbocycles. The Morgan fingerprint density at radius 3 is 2.52 bits per heavy atom. The molecule has 4 nitrogen and oxygen atoms in total. The number of hydrogen-bond acceptors (Lipinski definition) is 3. The van der Waals surface area contributed by atoms with Gasteiger partial charge in [0.1, 0.15) is 5.82 Å². The Bertz CT molecular complexity index is 693. The van der Waals surface area contributed by atoms with Crippen molar-refractivity contribution < 1.29 is 18.3 Å². The molecule has 0 saturated carbocycles. The minimum absolute atomic E-state index is 0.119. The molecular weight excluding hydrogens is 326 g/mol. The van der Waals surface area contributed by atoms with E-state index in [0.29, 0.717) is 6.54 Å². The molecule has 0 heterocycles. The van der Waals surface area contributed by atoms with Crippen LogP contribution in [0.15, 0.2) is 48.5 Å². The number of benzene rings is 2. The summed E-state index contributed by atoms with van der Waals surface area (Å²) in [7, 11) is 3.90. The van der Waals surface area contributed by atoms with Gasteiger partial charge in [0.15, 0.2) is 18.2 Å². The largest absolute Gasteiger partial charge is 0.481 e. The number of halogens is 2. The van der Waals surface area contributed by atoms with Gasteiger partial charge in [0.25, 0.3) is 5.91 Å². The molecule has 1 N–H and O–H groups in total. The fourth-order valence-corrected chi connectivity index (χ4v) is 2.34. The van der Waals surface area contributed by atoms with Gasteiger partial charge in [-0.05, 0) is 38.2 Å². The molecule has 0 aliphatic carbocycles. The van der Waals surface area contributed by atoms with Crippen molar-refractivity contribution >= 4 is 5.91 Å². The highest BCUT2D eigenvalue weighted by Crippen LogP contribution is 2.17. The number of likely N-dealkylation sites (N-methyl/N-ethyl adjacent to an activating group) is 1. The number of ether oxygens (including phenoxy) is 1. The summed E-state index contributed by atoms with van der Waals surface area (Å²) in [5.41, 5.74) is 1.18.